The standard InChI is InChI=1S/C18H25N3O4S/c1-4-9-19-17(22)18(23)20-12-15-6-5-10-21(15)26(24,25)16-11-13(2)7-8-14(16)3/h4,7-8,11,15H,1,5-6,9-10,12H2,2-3H3,(H,19,22)(H,20,23)/t15-/m0/s1. The van der Waals surface area contributed by atoms with Crippen LogP contribution in [0.3, 0.4) is 0 Å². The molecule has 1 fully saturated rings. The van der Waals surface area contributed by atoms with Gasteiger partial charge in [-0.05, 0) is 43.9 Å². The number of nitrogens with one attached hydrogen (secondary N) is 2. The summed E-state index contributed by atoms with van der Waals surface area (Å²) in [6, 6.07) is 4.97. The van der Waals surface area contributed by atoms with Crippen molar-refractivity contribution in [3.63, 3.8) is 0 Å². The van der Waals surface area contributed by atoms with E-state index in [0.29, 0.717) is 29.8 Å². The van der Waals surface area contributed by atoms with Gasteiger partial charge in [0.25, 0.3) is 0 Å². The maximum Gasteiger partial charge on any atom is 0.309 e. The minimum Gasteiger partial charge on any atom is -0.346 e. The molecule has 0 aliphatic carbocycles. The summed E-state index contributed by atoms with van der Waals surface area (Å²) in [5, 5.41) is 4.91. The van der Waals surface area contributed by atoms with Crippen molar-refractivity contribution in [2.45, 2.75) is 37.6 Å². The highest BCUT2D eigenvalue weighted by molar-refractivity contribution is 7.89. The first-order valence-electron chi connectivity index (χ1n) is 8.53. The lowest BCUT2D eigenvalue weighted by atomic mass is 10.2. The van der Waals surface area contributed by atoms with Crippen molar-refractivity contribution < 1.29 is 18.0 Å². The van der Waals surface area contributed by atoms with Gasteiger partial charge >= 0.3 is 11.8 Å². The number of hydrogen-bond donors (Lipinski definition) is 2. The third-order valence-electron chi connectivity index (χ3n) is 4.36. The molecule has 1 aromatic rings. The normalized spacial score (nSPS) is 17.7. The van der Waals surface area contributed by atoms with Crippen LogP contribution in [-0.2, 0) is 19.6 Å². The number of rotatable bonds is 6. The Labute approximate surface area is 154 Å². The second-order valence-corrected chi connectivity index (χ2v) is 8.25. The average Bonchev–Trinajstić information content (AvgIpc) is 3.08. The molecule has 2 rings (SSSR count). The largest absolute Gasteiger partial charge is 0.346 e. The number of carbonyl (C=O) groups excluding carboxylic acids is 2. The lowest BCUT2D eigenvalue weighted by Crippen LogP contribution is -2.47. The van der Waals surface area contributed by atoms with Crippen molar-refractivity contribution in [1.82, 2.24) is 14.9 Å². The summed E-state index contributed by atoms with van der Waals surface area (Å²) in [5.74, 6) is -1.53. The molecule has 8 heteroatoms. The van der Waals surface area contributed by atoms with Crippen LogP contribution in [0.5, 0.6) is 0 Å². The Kier molecular flexibility index (Phi) is 6.55. The lowest BCUT2D eigenvalue weighted by molar-refractivity contribution is -0.139. The van der Waals surface area contributed by atoms with E-state index in [1.807, 2.05) is 13.0 Å². The maximum atomic E-state index is 13.1. The van der Waals surface area contributed by atoms with E-state index in [1.54, 1.807) is 19.1 Å². The molecule has 2 amide bonds. The van der Waals surface area contributed by atoms with Crippen LogP contribution in [0, 0.1) is 13.8 Å². The van der Waals surface area contributed by atoms with Crippen molar-refractivity contribution in [2.75, 3.05) is 19.6 Å². The summed E-state index contributed by atoms with van der Waals surface area (Å²) in [4.78, 5) is 23.7. The lowest BCUT2D eigenvalue weighted by Gasteiger charge is -2.25. The highest BCUT2D eigenvalue weighted by Crippen LogP contribution is 2.28. The molecule has 0 radical (unpaired) electrons. The van der Waals surface area contributed by atoms with Crippen LogP contribution >= 0.6 is 0 Å². The summed E-state index contributed by atoms with van der Waals surface area (Å²) in [7, 11) is -3.66. The van der Waals surface area contributed by atoms with Crippen LogP contribution in [-0.4, -0.2) is 50.2 Å². The third kappa shape index (κ3) is 4.50. The SMILES string of the molecule is C=CCNC(=O)C(=O)NC[C@@H]1CCCN1S(=O)(=O)c1cc(C)ccc1C. The first-order valence-corrected chi connectivity index (χ1v) is 9.97. The highest BCUT2D eigenvalue weighted by atomic mass is 32.2. The molecular formula is C18H25N3O4S. The van der Waals surface area contributed by atoms with Gasteiger partial charge in [-0.1, -0.05) is 18.2 Å². The quantitative estimate of drug-likeness (QED) is 0.566. The van der Waals surface area contributed by atoms with Gasteiger partial charge < -0.3 is 10.6 Å². The third-order valence-corrected chi connectivity index (χ3v) is 6.46. The van der Waals surface area contributed by atoms with Crippen molar-refractivity contribution in [2.24, 2.45) is 0 Å². The maximum absolute atomic E-state index is 13.1. The van der Waals surface area contributed by atoms with Crippen LogP contribution < -0.4 is 10.6 Å². The summed E-state index contributed by atoms with van der Waals surface area (Å²) >= 11 is 0. The second-order valence-electron chi connectivity index (χ2n) is 6.39. The fourth-order valence-corrected chi connectivity index (χ4v) is 4.98. The molecular weight excluding hydrogens is 354 g/mol. The monoisotopic (exact) mass is 379 g/mol. The van der Waals surface area contributed by atoms with Gasteiger partial charge in [0.05, 0.1) is 4.90 Å². The summed E-state index contributed by atoms with van der Waals surface area (Å²) in [6.45, 7) is 7.78. The van der Waals surface area contributed by atoms with Gasteiger partial charge in [0.15, 0.2) is 0 Å². The number of benzene rings is 1. The first kappa shape index (κ1) is 20.1. The molecule has 1 heterocycles. The number of amides is 2. The Morgan fingerprint density at radius 2 is 1.96 bits per heavy atom. The van der Waals surface area contributed by atoms with E-state index in [-0.39, 0.29) is 19.1 Å². The van der Waals surface area contributed by atoms with Crippen LogP contribution in [0.4, 0.5) is 0 Å². The van der Waals surface area contributed by atoms with Crippen molar-refractivity contribution in [3.8, 4) is 0 Å². The zero-order valence-corrected chi connectivity index (χ0v) is 15.9. The van der Waals surface area contributed by atoms with Crippen LogP contribution in [0.25, 0.3) is 0 Å². The minimum absolute atomic E-state index is 0.102. The van der Waals surface area contributed by atoms with Gasteiger partial charge in [-0.15, -0.1) is 6.58 Å². The highest BCUT2D eigenvalue weighted by Gasteiger charge is 2.36. The molecule has 26 heavy (non-hydrogen) atoms. The zero-order valence-electron chi connectivity index (χ0n) is 15.1. The summed E-state index contributed by atoms with van der Waals surface area (Å²) < 4.78 is 27.5. The van der Waals surface area contributed by atoms with Crippen molar-refractivity contribution in [3.05, 3.63) is 42.0 Å². The Morgan fingerprint density at radius 3 is 2.65 bits per heavy atom. The van der Waals surface area contributed by atoms with E-state index in [9.17, 15) is 18.0 Å². The fraction of sp³-hybridized carbons (Fsp3) is 0.444. The molecule has 0 unspecified atom stereocenters. The van der Waals surface area contributed by atoms with E-state index in [0.717, 1.165) is 5.56 Å². The fourth-order valence-electron chi connectivity index (χ4n) is 2.98. The molecule has 1 aromatic carbocycles. The van der Waals surface area contributed by atoms with E-state index in [4.69, 9.17) is 0 Å². The summed E-state index contributed by atoms with van der Waals surface area (Å²) in [6.07, 6.45) is 2.83. The van der Waals surface area contributed by atoms with Crippen molar-refractivity contribution in [1.29, 1.82) is 0 Å². The Morgan fingerprint density at radius 1 is 1.27 bits per heavy atom. The molecule has 0 aromatic heterocycles. The van der Waals surface area contributed by atoms with E-state index < -0.39 is 21.8 Å². The molecule has 1 aliphatic rings. The Balaban J connectivity index is 2.09. The van der Waals surface area contributed by atoms with Crippen LogP contribution in [0.1, 0.15) is 24.0 Å². The van der Waals surface area contributed by atoms with Gasteiger partial charge in [0.2, 0.25) is 10.0 Å². The topological polar surface area (TPSA) is 95.6 Å². The van der Waals surface area contributed by atoms with E-state index >= 15 is 0 Å². The van der Waals surface area contributed by atoms with Crippen LogP contribution in [0.15, 0.2) is 35.7 Å². The molecule has 2 N–H and O–H groups in total. The predicted octanol–water partition coefficient (Wildman–Crippen LogP) is 0.875. The molecule has 0 bridgehead atoms. The summed E-state index contributed by atoms with van der Waals surface area (Å²) in [5.41, 5.74) is 1.56. The zero-order chi connectivity index (χ0) is 19.3. The molecule has 7 nitrogen and oxygen atoms in total. The van der Waals surface area contributed by atoms with Gasteiger partial charge in [-0.2, -0.15) is 4.31 Å². The first-order chi connectivity index (χ1) is 12.3. The second kappa shape index (κ2) is 8.46. The number of nitrogens with zero attached hydrogens (tertiary/aromatic N) is 1. The van der Waals surface area contributed by atoms with Crippen LogP contribution in [0.2, 0.25) is 0 Å². The number of carbonyl (C=O) groups is 2. The number of hydrogen-bond acceptors (Lipinski definition) is 4. The average molecular weight is 379 g/mol. The predicted molar refractivity (Wildman–Crippen MR) is 99.0 cm³/mol. The van der Waals surface area contributed by atoms with Crippen molar-refractivity contribution >= 4 is 21.8 Å². The molecule has 0 spiro atoms. The Bertz CT molecular complexity index is 805. The number of aryl methyl sites for hydroxylation is 2. The molecule has 0 saturated carbocycles. The van der Waals surface area contributed by atoms with Gasteiger partial charge in [-0.25, -0.2) is 8.42 Å². The minimum atomic E-state index is -3.66. The van der Waals surface area contributed by atoms with E-state index in [2.05, 4.69) is 17.2 Å². The molecule has 1 atom stereocenters. The van der Waals surface area contributed by atoms with Gasteiger partial charge in [0.1, 0.15) is 0 Å². The number of sulfonamides is 1. The Hall–Kier alpha value is -2.19. The van der Waals surface area contributed by atoms with Gasteiger partial charge in [-0.3, -0.25) is 9.59 Å². The van der Waals surface area contributed by atoms with Gasteiger partial charge in [0, 0.05) is 25.7 Å². The molecule has 142 valence electrons. The smallest absolute Gasteiger partial charge is 0.309 e. The van der Waals surface area contributed by atoms with E-state index in [1.165, 1.54) is 10.4 Å². The molecule has 1 saturated heterocycles. The molecule has 1 aliphatic heterocycles.